The molecule has 1 atom stereocenters. The Morgan fingerprint density at radius 3 is 2.69 bits per heavy atom. The van der Waals surface area contributed by atoms with Crippen LogP contribution in [0.3, 0.4) is 0 Å². The maximum absolute atomic E-state index is 11.6. The molecule has 0 aliphatic carbocycles. The van der Waals surface area contributed by atoms with Gasteiger partial charge >= 0.3 is 0 Å². The number of pyridine rings is 1. The quantitative estimate of drug-likeness (QED) is 0.646. The summed E-state index contributed by atoms with van der Waals surface area (Å²) in [4.78, 5) is 26.0. The van der Waals surface area contributed by atoms with Crippen LogP contribution in [0.25, 0.3) is 0 Å². The predicted octanol–water partition coefficient (Wildman–Crippen LogP) is -0.342. The number of nitrogens with one attached hydrogen (secondary N) is 1. The fraction of sp³-hybridized carbons (Fsp3) is 0.300. The molecule has 6 heteroatoms. The predicted molar refractivity (Wildman–Crippen MR) is 59.4 cm³/mol. The van der Waals surface area contributed by atoms with E-state index in [4.69, 9.17) is 11.5 Å². The first-order chi connectivity index (χ1) is 7.49. The number of amides is 2. The first kappa shape index (κ1) is 12.0. The first-order valence-corrected chi connectivity index (χ1v) is 4.79. The van der Waals surface area contributed by atoms with Crippen LogP contribution in [0.2, 0.25) is 0 Å². The van der Waals surface area contributed by atoms with Crippen LogP contribution < -0.4 is 16.8 Å². The fourth-order valence-electron chi connectivity index (χ4n) is 1.20. The number of nitrogens with zero attached hydrogens (tertiary/aromatic N) is 1. The van der Waals surface area contributed by atoms with E-state index in [0.717, 1.165) is 0 Å². The number of nitrogen functional groups attached to an aromatic ring is 1. The maximum atomic E-state index is 11.6. The maximum Gasteiger partial charge on any atom is 0.253 e. The van der Waals surface area contributed by atoms with Crippen molar-refractivity contribution >= 4 is 17.6 Å². The van der Waals surface area contributed by atoms with E-state index in [-0.39, 0.29) is 18.4 Å². The Morgan fingerprint density at radius 1 is 1.50 bits per heavy atom. The van der Waals surface area contributed by atoms with E-state index in [1.807, 2.05) is 0 Å². The number of carbonyl (C=O) groups excluding carboxylic acids is 2. The molecule has 1 heterocycles. The Bertz CT molecular complexity index is 388. The van der Waals surface area contributed by atoms with E-state index >= 15 is 0 Å². The molecule has 86 valence electrons. The van der Waals surface area contributed by atoms with Crippen molar-refractivity contribution in [1.82, 2.24) is 10.3 Å². The van der Waals surface area contributed by atoms with Crippen molar-refractivity contribution < 1.29 is 9.59 Å². The van der Waals surface area contributed by atoms with Gasteiger partial charge in [0.05, 0.1) is 5.56 Å². The fourth-order valence-corrected chi connectivity index (χ4v) is 1.20. The molecule has 5 N–H and O–H groups in total. The Balaban J connectivity index is 2.58. The second kappa shape index (κ2) is 5.11. The number of anilines is 1. The van der Waals surface area contributed by atoms with Gasteiger partial charge in [-0.05, 0) is 19.1 Å². The van der Waals surface area contributed by atoms with E-state index in [9.17, 15) is 9.59 Å². The third kappa shape index (κ3) is 3.56. The van der Waals surface area contributed by atoms with Gasteiger partial charge in [-0.15, -0.1) is 0 Å². The van der Waals surface area contributed by atoms with Crippen LogP contribution >= 0.6 is 0 Å². The SMILES string of the molecule is CC(CC(N)=O)NC(=O)c1ccc(N)nc1. The molecule has 16 heavy (non-hydrogen) atoms. The molecule has 0 aromatic carbocycles. The van der Waals surface area contributed by atoms with Gasteiger partial charge in [0.1, 0.15) is 5.82 Å². The average Bonchev–Trinajstić information content (AvgIpc) is 2.16. The zero-order valence-electron chi connectivity index (χ0n) is 8.93. The second-order valence-electron chi connectivity index (χ2n) is 3.52. The van der Waals surface area contributed by atoms with Crippen molar-refractivity contribution in [3.8, 4) is 0 Å². The van der Waals surface area contributed by atoms with Crippen LogP contribution in [0.5, 0.6) is 0 Å². The summed E-state index contributed by atoms with van der Waals surface area (Å²) in [5.41, 5.74) is 10.8. The topological polar surface area (TPSA) is 111 Å². The summed E-state index contributed by atoms with van der Waals surface area (Å²) in [5.74, 6) is -0.411. The number of primary amides is 1. The molecule has 0 saturated carbocycles. The number of aromatic nitrogens is 1. The second-order valence-corrected chi connectivity index (χ2v) is 3.52. The van der Waals surface area contributed by atoms with Crippen molar-refractivity contribution in [3.05, 3.63) is 23.9 Å². The molecule has 0 aliphatic rings. The molecule has 1 unspecified atom stereocenters. The molecular weight excluding hydrogens is 208 g/mol. The van der Waals surface area contributed by atoms with E-state index in [1.165, 1.54) is 12.3 Å². The van der Waals surface area contributed by atoms with Crippen LogP contribution in [0, 0.1) is 0 Å². The van der Waals surface area contributed by atoms with E-state index in [1.54, 1.807) is 13.0 Å². The summed E-state index contributed by atoms with van der Waals surface area (Å²) in [6.45, 7) is 1.70. The van der Waals surface area contributed by atoms with Gasteiger partial charge in [-0.1, -0.05) is 0 Å². The number of hydrogen-bond acceptors (Lipinski definition) is 4. The highest BCUT2D eigenvalue weighted by Crippen LogP contribution is 2.02. The van der Waals surface area contributed by atoms with Crippen LogP contribution in [-0.2, 0) is 4.79 Å². The van der Waals surface area contributed by atoms with Crippen LogP contribution in [0.15, 0.2) is 18.3 Å². The summed E-state index contributed by atoms with van der Waals surface area (Å²) < 4.78 is 0. The lowest BCUT2D eigenvalue weighted by atomic mass is 10.2. The van der Waals surface area contributed by atoms with Gasteiger partial charge in [-0.2, -0.15) is 0 Å². The summed E-state index contributed by atoms with van der Waals surface area (Å²) in [7, 11) is 0. The third-order valence-electron chi connectivity index (χ3n) is 1.93. The molecular formula is C10H14N4O2. The highest BCUT2D eigenvalue weighted by Gasteiger charge is 2.11. The van der Waals surface area contributed by atoms with Crippen LogP contribution in [0.1, 0.15) is 23.7 Å². The molecule has 2 amide bonds. The van der Waals surface area contributed by atoms with Gasteiger partial charge < -0.3 is 16.8 Å². The van der Waals surface area contributed by atoms with Crippen molar-refractivity contribution in [2.75, 3.05) is 5.73 Å². The normalized spacial score (nSPS) is 11.8. The molecule has 0 spiro atoms. The van der Waals surface area contributed by atoms with Crippen LogP contribution in [0.4, 0.5) is 5.82 Å². The highest BCUT2D eigenvalue weighted by molar-refractivity contribution is 5.94. The average molecular weight is 222 g/mol. The molecule has 1 aromatic rings. The largest absolute Gasteiger partial charge is 0.384 e. The Kier molecular flexibility index (Phi) is 3.82. The molecule has 0 bridgehead atoms. The van der Waals surface area contributed by atoms with Gasteiger partial charge in [0, 0.05) is 18.7 Å². The smallest absolute Gasteiger partial charge is 0.253 e. The number of nitrogens with two attached hydrogens (primary N) is 2. The van der Waals surface area contributed by atoms with Gasteiger partial charge in [0.2, 0.25) is 5.91 Å². The lowest BCUT2D eigenvalue weighted by Gasteiger charge is -2.11. The minimum Gasteiger partial charge on any atom is -0.384 e. The highest BCUT2D eigenvalue weighted by atomic mass is 16.2. The van der Waals surface area contributed by atoms with Crippen molar-refractivity contribution in [1.29, 1.82) is 0 Å². The first-order valence-electron chi connectivity index (χ1n) is 4.79. The molecule has 1 rings (SSSR count). The van der Waals surface area contributed by atoms with E-state index in [0.29, 0.717) is 11.4 Å². The van der Waals surface area contributed by atoms with Crippen molar-refractivity contribution in [2.24, 2.45) is 5.73 Å². The summed E-state index contributed by atoms with van der Waals surface area (Å²) >= 11 is 0. The standard InChI is InChI=1S/C10H14N4O2/c1-6(4-9(12)15)14-10(16)7-2-3-8(11)13-5-7/h2-3,5-6H,4H2,1H3,(H2,11,13)(H2,12,15)(H,14,16). The minimum absolute atomic E-state index is 0.105. The number of hydrogen-bond donors (Lipinski definition) is 3. The molecule has 6 nitrogen and oxygen atoms in total. The van der Waals surface area contributed by atoms with Gasteiger partial charge in [0.15, 0.2) is 0 Å². The van der Waals surface area contributed by atoms with Gasteiger partial charge in [-0.3, -0.25) is 9.59 Å². The molecule has 1 aromatic heterocycles. The molecule has 0 aliphatic heterocycles. The third-order valence-corrected chi connectivity index (χ3v) is 1.93. The van der Waals surface area contributed by atoms with Crippen molar-refractivity contribution in [3.63, 3.8) is 0 Å². The van der Waals surface area contributed by atoms with Crippen LogP contribution in [-0.4, -0.2) is 22.8 Å². The lowest BCUT2D eigenvalue weighted by molar-refractivity contribution is -0.118. The Hall–Kier alpha value is -2.11. The summed E-state index contributed by atoms with van der Waals surface area (Å²) in [6.07, 6.45) is 1.48. The van der Waals surface area contributed by atoms with Gasteiger partial charge in [-0.25, -0.2) is 4.98 Å². The summed E-state index contributed by atoms with van der Waals surface area (Å²) in [6, 6.07) is 2.80. The minimum atomic E-state index is -0.455. The molecule has 0 radical (unpaired) electrons. The lowest BCUT2D eigenvalue weighted by Crippen LogP contribution is -2.35. The van der Waals surface area contributed by atoms with E-state index < -0.39 is 5.91 Å². The Labute approximate surface area is 93.0 Å². The number of rotatable bonds is 4. The van der Waals surface area contributed by atoms with E-state index in [2.05, 4.69) is 10.3 Å². The zero-order valence-corrected chi connectivity index (χ0v) is 8.93. The van der Waals surface area contributed by atoms with Gasteiger partial charge in [0.25, 0.3) is 5.91 Å². The number of carbonyl (C=O) groups is 2. The summed E-state index contributed by atoms with van der Waals surface area (Å²) in [5, 5.41) is 2.63. The zero-order chi connectivity index (χ0) is 12.1. The van der Waals surface area contributed by atoms with Crippen molar-refractivity contribution in [2.45, 2.75) is 19.4 Å². The molecule has 0 saturated heterocycles. The Morgan fingerprint density at radius 2 is 2.19 bits per heavy atom. The molecule has 0 fully saturated rings. The monoisotopic (exact) mass is 222 g/mol.